The summed E-state index contributed by atoms with van der Waals surface area (Å²) < 4.78 is 10.7. The summed E-state index contributed by atoms with van der Waals surface area (Å²) in [5, 5.41) is 19.9. The highest BCUT2D eigenvalue weighted by Crippen LogP contribution is 2.33. The molecular formula is C100H134N18O8. The van der Waals surface area contributed by atoms with E-state index in [2.05, 4.69) is 165 Å². The van der Waals surface area contributed by atoms with E-state index in [1.165, 1.54) is 54.2 Å². The molecule has 18 N–H and O–H groups in total. The van der Waals surface area contributed by atoms with Gasteiger partial charge in [-0.25, -0.2) is 0 Å². The number of amides is 6. The minimum absolute atomic E-state index is 0.0178. The summed E-state index contributed by atoms with van der Waals surface area (Å²) in [5.74, 6) is 1.75. The first-order valence-corrected chi connectivity index (χ1v) is 44.8. The fourth-order valence-electron chi connectivity index (χ4n) is 17.1. The van der Waals surface area contributed by atoms with Crippen molar-refractivity contribution in [3.63, 3.8) is 0 Å². The number of hydrogen-bond donors (Lipinski definition) is 12. The molecule has 6 amide bonds. The normalized spacial score (nSPS) is 18.1. The lowest BCUT2D eigenvalue weighted by atomic mass is 9.87. The van der Waals surface area contributed by atoms with Gasteiger partial charge in [0.1, 0.15) is 11.5 Å². The van der Waals surface area contributed by atoms with Crippen molar-refractivity contribution in [1.82, 2.24) is 46.6 Å². The van der Waals surface area contributed by atoms with Gasteiger partial charge in [0.25, 0.3) is 11.8 Å². The highest BCUT2D eigenvalue weighted by Gasteiger charge is 2.37. The number of methoxy groups -OCH3 is 2. The molecule has 4 fully saturated rings. The smallest absolute Gasteiger partial charge is 0.255 e. The first-order valence-electron chi connectivity index (χ1n) is 44.8. The zero-order chi connectivity index (χ0) is 89.6. The molecule has 6 atom stereocenters. The number of guanidine groups is 3. The van der Waals surface area contributed by atoms with Crippen molar-refractivity contribution in [2.75, 3.05) is 92.8 Å². The minimum Gasteiger partial charge on any atom is -0.497 e. The lowest BCUT2D eigenvalue weighted by Crippen LogP contribution is -2.49. The number of carbonyl (C=O) groups excluding carboxylic acids is 6. The second kappa shape index (κ2) is 50.1. The Morgan fingerprint density at radius 2 is 0.754 bits per heavy atom. The van der Waals surface area contributed by atoms with Crippen LogP contribution in [-0.4, -0.2) is 197 Å². The zero-order valence-corrected chi connectivity index (χ0v) is 74.1. The summed E-state index contributed by atoms with van der Waals surface area (Å²) in [5.41, 5.74) is 42.3. The van der Waals surface area contributed by atoms with Crippen LogP contribution in [0.3, 0.4) is 0 Å². The van der Waals surface area contributed by atoms with E-state index in [1.54, 1.807) is 25.3 Å². The van der Waals surface area contributed by atoms with E-state index in [4.69, 9.17) is 43.9 Å². The van der Waals surface area contributed by atoms with E-state index in [0.717, 1.165) is 36.8 Å². The van der Waals surface area contributed by atoms with Crippen LogP contribution in [-0.2, 0) is 24.6 Å². The second-order valence-electron chi connectivity index (χ2n) is 34.3. The topological polar surface area (TPSA) is 396 Å². The van der Waals surface area contributed by atoms with Gasteiger partial charge in [0.2, 0.25) is 23.6 Å². The predicted molar refractivity (Wildman–Crippen MR) is 503 cm³/mol. The average molecular weight is 1720 g/mol. The number of rotatable bonds is 36. The molecule has 1 aliphatic carbocycles. The Morgan fingerprint density at radius 3 is 1.07 bits per heavy atom. The molecule has 26 heteroatoms. The maximum atomic E-state index is 14.0. The first-order chi connectivity index (χ1) is 61.0. The number of aliphatic imine (C=N–C) groups is 3. The van der Waals surface area contributed by atoms with Crippen LogP contribution in [0.1, 0.15) is 194 Å². The van der Waals surface area contributed by atoms with Gasteiger partial charge in [-0.3, -0.25) is 43.7 Å². The van der Waals surface area contributed by atoms with Gasteiger partial charge in [-0.15, -0.1) is 0 Å². The molecule has 0 radical (unpaired) electrons. The van der Waals surface area contributed by atoms with Crippen LogP contribution in [0.5, 0.6) is 11.5 Å². The molecule has 126 heavy (non-hydrogen) atoms. The third-order valence-electron chi connectivity index (χ3n) is 24.1. The summed E-state index contributed by atoms with van der Waals surface area (Å²) in [4.78, 5) is 99.0. The largest absolute Gasteiger partial charge is 0.497 e. The molecule has 3 saturated heterocycles. The van der Waals surface area contributed by atoms with Crippen molar-refractivity contribution in [3.8, 4) is 11.5 Å². The van der Waals surface area contributed by atoms with Crippen LogP contribution >= 0.6 is 0 Å². The van der Waals surface area contributed by atoms with E-state index >= 15 is 0 Å². The number of benzene rings is 8. The van der Waals surface area contributed by atoms with Gasteiger partial charge in [0.05, 0.1) is 37.9 Å². The fraction of sp³-hybridized carbons (Fsp3) is 0.430. The Balaban J connectivity index is 0.000000197. The highest BCUT2D eigenvalue weighted by atomic mass is 16.5. The van der Waals surface area contributed by atoms with Crippen molar-refractivity contribution < 1.29 is 38.2 Å². The summed E-state index contributed by atoms with van der Waals surface area (Å²) in [7, 11) is 3.08. The number of hydrogen-bond acceptors (Lipinski definition) is 14. The van der Waals surface area contributed by atoms with E-state index in [0.29, 0.717) is 158 Å². The Morgan fingerprint density at radius 1 is 0.421 bits per heavy atom. The maximum Gasteiger partial charge on any atom is 0.255 e. The van der Waals surface area contributed by atoms with Gasteiger partial charge in [-0.05, 0) is 145 Å². The third kappa shape index (κ3) is 30.6. The standard InChI is InChI=1S/C35H46N6O2.C33H42N6O4.C32H46N6O2/c1-35(2,3)28-18-16-27(17-19-28)32(42)39-23-29-20-22-41(33(43)31(40-29)15-10-21-38-34(36)37)24-30(25-11-6-4-7-12-25)26-13-8-5-9-14-26;1-42-26-15-16-27(30(20-26)43-2)31(40)37-21-25-17-19-39(32(41)29(38-25)14-9-18-36-33(34)35)22-28(23-10-5-3-6-11-23)24-12-7-4-8-13-24;33-32(34)35-19-10-17-29-31(40)38(23-28(25-13-6-2-7-14-25)26-15-8-3-9-16-26)20-18-27(37-29)22-36-30(39)21-24-11-4-1-5-12-24/h4-9,11-14,16-19,29-31,40H,10,15,20-24H2,1-3H3,(H,39,42)(H4,36,37,38);3-8,10-13,15-16,20,25,28-29,38H,9,14,17-19,21-22H2,1-2H3,(H,37,40)(H4,34,35,36);2-3,6-9,13-16,24,27-29,37H,1,4-5,10-12,17-23H2,(H,36,39)(H4,33,34,35)/t29-,31-;25-,29-;27-,29-/m000/s1. The monoisotopic (exact) mass is 1720 g/mol. The third-order valence-corrected chi connectivity index (χ3v) is 24.1. The number of nitrogens with one attached hydrogen (secondary N) is 6. The lowest BCUT2D eigenvalue weighted by molar-refractivity contribution is -0.133. The van der Waals surface area contributed by atoms with Crippen LogP contribution < -0.4 is 75.8 Å². The van der Waals surface area contributed by atoms with Gasteiger partial charge >= 0.3 is 0 Å². The Kier molecular flexibility index (Phi) is 38.2. The molecule has 3 aliphatic heterocycles. The van der Waals surface area contributed by atoms with Crippen molar-refractivity contribution in [2.45, 2.75) is 177 Å². The van der Waals surface area contributed by atoms with Crippen molar-refractivity contribution in [3.05, 3.63) is 275 Å². The van der Waals surface area contributed by atoms with Crippen LogP contribution in [0.15, 0.2) is 239 Å². The number of carbonyl (C=O) groups is 6. The molecule has 4 aliphatic rings. The minimum atomic E-state index is -0.443. The van der Waals surface area contributed by atoms with Crippen LogP contribution in [0, 0.1) is 5.92 Å². The molecule has 8 aromatic carbocycles. The van der Waals surface area contributed by atoms with E-state index < -0.39 is 12.1 Å². The molecule has 0 unspecified atom stereocenters. The van der Waals surface area contributed by atoms with Gasteiger partial charge < -0.3 is 90.5 Å². The quantitative estimate of drug-likeness (QED) is 0.00986. The fourth-order valence-corrected chi connectivity index (χ4v) is 17.1. The van der Waals surface area contributed by atoms with E-state index in [1.807, 2.05) is 124 Å². The molecule has 672 valence electrons. The molecule has 1 saturated carbocycles. The molecular weight excluding hydrogens is 1580 g/mol. The van der Waals surface area contributed by atoms with E-state index in [9.17, 15) is 28.8 Å². The average Bonchev–Trinajstić information content (AvgIpc) is 1.64. The van der Waals surface area contributed by atoms with Crippen LogP contribution in [0.25, 0.3) is 0 Å². The maximum absolute atomic E-state index is 14.0. The second-order valence-corrected chi connectivity index (χ2v) is 34.3. The number of nitrogens with two attached hydrogens (primary N) is 6. The summed E-state index contributed by atoms with van der Waals surface area (Å²) in [6.07, 6.45) is 12.6. The Labute approximate surface area is 744 Å². The zero-order valence-electron chi connectivity index (χ0n) is 74.1. The molecule has 3 heterocycles. The lowest BCUT2D eigenvalue weighted by Gasteiger charge is -2.29. The Bertz CT molecular complexity index is 4620. The molecule has 0 spiro atoms. The SMILES string of the molecule is CC(C)(C)c1ccc(C(=O)NC[C@@H]2CCN(CC(c3ccccc3)c3ccccc3)C(=O)[C@H](CCCN=C(N)N)N2)cc1.COc1ccc(C(=O)NC[C@@H]2CCN(CC(c3ccccc3)c3ccccc3)C(=O)[C@H](CCCN=C(N)N)N2)c(OC)c1.NC(N)=NCCC[C@@H]1N[C@H](CNC(=O)CC2CCCCC2)CCN(CC(c2ccccc2)c2ccccc2)C1=O. The molecule has 0 bridgehead atoms. The van der Waals surface area contributed by atoms with Crippen LogP contribution in [0.2, 0.25) is 0 Å². The van der Waals surface area contributed by atoms with Gasteiger partial charge in [0.15, 0.2) is 17.9 Å². The van der Waals surface area contributed by atoms with Gasteiger partial charge in [0, 0.05) is 132 Å². The van der Waals surface area contributed by atoms with Gasteiger partial charge in [-0.2, -0.15) is 0 Å². The predicted octanol–water partition coefficient (Wildman–Crippen LogP) is 10.6. The number of nitrogens with zero attached hydrogens (tertiary/aromatic N) is 6. The molecule has 26 nitrogen and oxygen atoms in total. The molecule has 0 aromatic heterocycles. The van der Waals surface area contributed by atoms with E-state index in [-0.39, 0.29) is 101 Å². The number of ether oxygens (including phenoxy) is 2. The van der Waals surface area contributed by atoms with Crippen molar-refractivity contribution >= 4 is 53.3 Å². The van der Waals surface area contributed by atoms with Crippen molar-refractivity contribution in [2.24, 2.45) is 55.3 Å². The van der Waals surface area contributed by atoms with Gasteiger partial charge in [-0.1, -0.05) is 234 Å². The molecule has 12 rings (SSSR count). The molecule has 8 aromatic rings. The Hall–Kier alpha value is -12.1. The highest BCUT2D eigenvalue weighted by molar-refractivity contribution is 5.97. The summed E-state index contributed by atoms with van der Waals surface area (Å²) in [6.45, 7) is 12.6. The summed E-state index contributed by atoms with van der Waals surface area (Å²) in [6, 6.07) is 73.5. The van der Waals surface area contributed by atoms with Crippen LogP contribution in [0.4, 0.5) is 0 Å². The van der Waals surface area contributed by atoms with Crippen molar-refractivity contribution in [1.29, 1.82) is 0 Å². The summed E-state index contributed by atoms with van der Waals surface area (Å²) >= 11 is 0. The first kappa shape index (κ1) is 96.1.